The van der Waals surface area contributed by atoms with Crippen LogP contribution in [-0.4, -0.2) is 26.2 Å². The first kappa shape index (κ1) is 13.0. The quantitative estimate of drug-likeness (QED) is 0.792. The third-order valence-corrected chi connectivity index (χ3v) is 3.30. The van der Waals surface area contributed by atoms with Crippen molar-refractivity contribution in [3.05, 3.63) is 41.3 Å². The molecule has 0 aliphatic carbocycles. The summed E-state index contributed by atoms with van der Waals surface area (Å²) in [6.07, 6.45) is 3.54. The van der Waals surface area contributed by atoms with Crippen LogP contribution < -0.4 is 5.73 Å². The zero-order valence-corrected chi connectivity index (χ0v) is 12.1. The highest BCUT2D eigenvalue weighted by atomic mass is 79.9. The van der Waals surface area contributed by atoms with E-state index in [0.717, 1.165) is 10.0 Å². The molecule has 0 bridgehead atoms. The first-order chi connectivity index (χ1) is 9.76. The Morgan fingerprint density at radius 2 is 2.05 bits per heavy atom. The largest absolute Gasteiger partial charge is 0.335 e. The summed E-state index contributed by atoms with van der Waals surface area (Å²) >= 11 is 3.39. The zero-order chi connectivity index (χ0) is 13.9. The molecule has 2 aromatic heterocycles. The van der Waals surface area contributed by atoms with Gasteiger partial charge >= 0.3 is 0 Å². The van der Waals surface area contributed by atoms with Gasteiger partial charge in [-0.2, -0.15) is 4.98 Å². The molecule has 0 unspecified atom stereocenters. The first-order valence-electron chi connectivity index (χ1n) is 6.08. The minimum absolute atomic E-state index is 0.402. The van der Waals surface area contributed by atoms with E-state index in [0.29, 0.717) is 30.5 Å². The van der Waals surface area contributed by atoms with Gasteiger partial charge < -0.3 is 14.8 Å². The zero-order valence-electron chi connectivity index (χ0n) is 10.5. The Morgan fingerprint density at radius 1 is 1.25 bits per heavy atom. The molecule has 20 heavy (non-hydrogen) atoms. The average Bonchev–Trinajstić information content (AvgIpc) is 3.08. The van der Waals surface area contributed by atoms with Crippen molar-refractivity contribution in [3.63, 3.8) is 0 Å². The fraction of sp³-hybridized carbons (Fsp3) is 0.154. The molecule has 2 heterocycles. The first-order valence-corrected chi connectivity index (χ1v) is 6.87. The van der Waals surface area contributed by atoms with Gasteiger partial charge in [-0.15, -0.1) is 0 Å². The monoisotopic (exact) mass is 333 g/mol. The van der Waals surface area contributed by atoms with E-state index in [4.69, 9.17) is 10.3 Å². The van der Waals surface area contributed by atoms with Crippen LogP contribution in [0.25, 0.3) is 23.0 Å². The smallest absolute Gasteiger partial charge is 0.278 e. The van der Waals surface area contributed by atoms with Crippen molar-refractivity contribution >= 4 is 15.9 Å². The van der Waals surface area contributed by atoms with Crippen molar-refractivity contribution in [1.82, 2.24) is 19.7 Å². The Morgan fingerprint density at radius 3 is 2.80 bits per heavy atom. The van der Waals surface area contributed by atoms with Gasteiger partial charge in [-0.05, 0) is 24.3 Å². The van der Waals surface area contributed by atoms with Gasteiger partial charge in [-0.1, -0.05) is 21.1 Å². The van der Waals surface area contributed by atoms with E-state index in [1.165, 1.54) is 0 Å². The molecule has 102 valence electrons. The van der Waals surface area contributed by atoms with Crippen LogP contribution in [-0.2, 0) is 6.54 Å². The Labute approximate surface area is 123 Å². The molecule has 7 heteroatoms. The molecule has 0 saturated heterocycles. The van der Waals surface area contributed by atoms with Crippen molar-refractivity contribution in [2.24, 2.45) is 5.73 Å². The van der Waals surface area contributed by atoms with Crippen LogP contribution in [0.1, 0.15) is 0 Å². The SMILES string of the molecule is NCCn1cnc(-c2nc(-c3ccc(Br)cc3)no2)c1. The van der Waals surface area contributed by atoms with Gasteiger partial charge in [0.25, 0.3) is 5.89 Å². The lowest BCUT2D eigenvalue weighted by atomic mass is 10.2. The summed E-state index contributed by atoms with van der Waals surface area (Å²) in [4.78, 5) is 8.58. The molecule has 0 fully saturated rings. The van der Waals surface area contributed by atoms with Crippen molar-refractivity contribution in [2.75, 3.05) is 6.54 Å². The van der Waals surface area contributed by atoms with E-state index in [9.17, 15) is 0 Å². The fourth-order valence-electron chi connectivity index (χ4n) is 1.79. The molecule has 0 spiro atoms. The Kier molecular flexibility index (Phi) is 3.62. The van der Waals surface area contributed by atoms with Crippen LogP contribution in [0.2, 0.25) is 0 Å². The van der Waals surface area contributed by atoms with E-state index in [-0.39, 0.29) is 0 Å². The second-order valence-electron chi connectivity index (χ2n) is 4.22. The third-order valence-electron chi connectivity index (χ3n) is 2.77. The van der Waals surface area contributed by atoms with E-state index in [2.05, 4.69) is 31.1 Å². The van der Waals surface area contributed by atoms with Crippen LogP contribution in [0.15, 0.2) is 45.8 Å². The normalized spacial score (nSPS) is 10.9. The summed E-state index contributed by atoms with van der Waals surface area (Å²) < 4.78 is 8.14. The second kappa shape index (κ2) is 5.56. The molecular formula is C13H12BrN5O. The number of benzene rings is 1. The molecule has 3 aromatic rings. The Bertz CT molecular complexity index is 704. The molecule has 6 nitrogen and oxygen atoms in total. The van der Waals surface area contributed by atoms with E-state index >= 15 is 0 Å². The topological polar surface area (TPSA) is 82.8 Å². The van der Waals surface area contributed by atoms with E-state index in [1.54, 1.807) is 6.33 Å². The number of hydrogen-bond acceptors (Lipinski definition) is 5. The van der Waals surface area contributed by atoms with Gasteiger partial charge in [-0.3, -0.25) is 0 Å². The highest BCUT2D eigenvalue weighted by molar-refractivity contribution is 9.10. The summed E-state index contributed by atoms with van der Waals surface area (Å²) in [6, 6.07) is 7.71. The third kappa shape index (κ3) is 2.63. The molecular weight excluding hydrogens is 322 g/mol. The number of nitrogens with two attached hydrogens (primary N) is 1. The molecule has 2 N–H and O–H groups in total. The van der Waals surface area contributed by atoms with Crippen molar-refractivity contribution in [1.29, 1.82) is 0 Å². The number of rotatable bonds is 4. The van der Waals surface area contributed by atoms with Crippen LogP contribution >= 0.6 is 15.9 Å². The Hall–Kier alpha value is -1.99. The lowest BCUT2D eigenvalue weighted by molar-refractivity contribution is 0.431. The van der Waals surface area contributed by atoms with Crippen LogP contribution in [0.5, 0.6) is 0 Å². The van der Waals surface area contributed by atoms with Crippen LogP contribution in [0.3, 0.4) is 0 Å². The molecule has 0 aliphatic rings. The maximum absolute atomic E-state index is 5.50. The van der Waals surface area contributed by atoms with Gasteiger partial charge in [0, 0.05) is 29.3 Å². The summed E-state index contributed by atoms with van der Waals surface area (Å²) in [5.74, 6) is 0.944. The molecule has 0 aliphatic heterocycles. The highest BCUT2D eigenvalue weighted by Gasteiger charge is 2.12. The molecule has 0 saturated carbocycles. The summed E-state index contributed by atoms with van der Waals surface area (Å²) in [6.45, 7) is 1.27. The van der Waals surface area contributed by atoms with Gasteiger partial charge in [0.15, 0.2) is 0 Å². The number of nitrogens with zero attached hydrogens (tertiary/aromatic N) is 4. The van der Waals surface area contributed by atoms with Crippen LogP contribution in [0, 0.1) is 0 Å². The summed E-state index contributed by atoms with van der Waals surface area (Å²) in [5, 5.41) is 3.97. The second-order valence-corrected chi connectivity index (χ2v) is 5.13. The van der Waals surface area contributed by atoms with Crippen molar-refractivity contribution in [2.45, 2.75) is 6.54 Å². The minimum atomic E-state index is 0.402. The predicted molar refractivity (Wildman–Crippen MR) is 77.7 cm³/mol. The number of aromatic nitrogens is 4. The average molecular weight is 334 g/mol. The standard InChI is InChI=1S/C13H12BrN5O/c14-10-3-1-9(2-4-10)12-17-13(20-18-12)11-7-19(6-5-15)8-16-11/h1-4,7-8H,5-6,15H2. The predicted octanol–water partition coefficient (Wildman–Crippen LogP) is 2.32. The minimum Gasteiger partial charge on any atom is -0.335 e. The fourth-order valence-corrected chi connectivity index (χ4v) is 2.05. The molecule has 0 atom stereocenters. The number of hydrogen-bond donors (Lipinski definition) is 1. The van der Waals surface area contributed by atoms with Gasteiger partial charge in [0.2, 0.25) is 5.82 Å². The van der Waals surface area contributed by atoms with Crippen molar-refractivity contribution < 1.29 is 4.52 Å². The lowest BCUT2D eigenvalue weighted by Crippen LogP contribution is -2.07. The molecule has 0 amide bonds. The summed E-state index contributed by atoms with van der Waals surface area (Å²) in [7, 11) is 0. The van der Waals surface area contributed by atoms with Gasteiger partial charge in [0.05, 0.1) is 6.33 Å². The van der Waals surface area contributed by atoms with E-state index < -0.39 is 0 Å². The highest BCUT2D eigenvalue weighted by Crippen LogP contribution is 2.22. The molecule has 3 rings (SSSR count). The number of halogens is 1. The van der Waals surface area contributed by atoms with Crippen molar-refractivity contribution in [3.8, 4) is 23.0 Å². The van der Waals surface area contributed by atoms with Gasteiger partial charge in [0.1, 0.15) is 5.69 Å². The van der Waals surface area contributed by atoms with E-state index in [1.807, 2.05) is 35.0 Å². The number of imidazole rings is 1. The van der Waals surface area contributed by atoms with Gasteiger partial charge in [-0.25, -0.2) is 4.98 Å². The molecule has 1 aromatic carbocycles. The maximum Gasteiger partial charge on any atom is 0.278 e. The Balaban J connectivity index is 1.87. The maximum atomic E-state index is 5.50. The molecule has 0 radical (unpaired) electrons. The summed E-state index contributed by atoms with van der Waals surface area (Å²) in [5.41, 5.74) is 7.04. The van der Waals surface area contributed by atoms with Crippen LogP contribution in [0.4, 0.5) is 0 Å². The lowest BCUT2D eigenvalue weighted by Gasteiger charge is -1.94.